The summed E-state index contributed by atoms with van der Waals surface area (Å²) in [7, 11) is 1.56. The normalized spacial score (nSPS) is 9.35. The second-order valence-corrected chi connectivity index (χ2v) is 3.92. The topological polar surface area (TPSA) is 62.4 Å². The lowest BCUT2D eigenvalue weighted by Gasteiger charge is -2.12. The first-order valence-electron chi connectivity index (χ1n) is 4.70. The van der Waals surface area contributed by atoms with Gasteiger partial charge in [0.1, 0.15) is 5.75 Å². The van der Waals surface area contributed by atoms with E-state index in [1.54, 1.807) is 25.3 Å². The molecule has 0 aliphatic heterocycles. The maximum absolute atomic E-state index is 10.7. The van der Waals surface area contributed by atoms with Gasteiger partial charge in [-0.25, -0.2) is 0 Å². The number of thiocarbonyl (C=S) groups is 1. The van der Waals surface area contributed by atoms with Crippen LogP contribution in [-0.2, 0) is 4.79 Å². The summed E-state index contributed by atoms with van der Waals surface area (Å²) in [5.41, 5.74) is 5.45. The summed E-state index contributed by atoms with van der Waals surface area (Å²) in [4.78, 5) is 10.7. The molecule has 1 rings (SSSR count). The van der Waals surface area contributed by atoms with E-state index < -0.39 is 0 Å². The second kappa shape index (κ2) is 6.27. The third-order valence-electron chi connectivity index (χ3n) is 1.77. The number of hydrogen-bond donors (Lipinski definition) is 3. The summed E-state index contributed by atoms with van der Waals surface area (Å²) in [6, 6.07) is 5.12. The average Bonchev–Trinajstić information content (AvgIpc) is 2.29. The van der Waals surface area contributed by atoms with E-state index in [0.717, 1.165) is 0 Å². The smallest absolute Gasteiger partial charge is 0.235 e. The van der Waals surface area contributed by atoms with Crippen molar-refractivity contribution in [1.82, 2.24) is 10.9 Å². The van der Waals surface area contributed by atoms with Gasteiger partial charge in [0, 0.05) is 13.0 Å². The highest BCUT2D eigenvalue weighted by Crippen LogP contribution is 2.26. The zero-order chi connectivity index (χ0) is 12.8. The van der Waals surface area contributed by atoms with Crippen LogP contribution in [-0.4, -0.2) is 18.1 Å². The molecule has 1 aromatic rings. The van der Waals surface area contributed by atoms with Crippen LogP contribution in [0.4, 0.5) is 5.69 Å². The van der Waals surface area contributed by atoms with Crippen LogP contribution >= 0.6 is 23.8 Å². The number of carbonyl (C=O) groups is 1. The van der Waals surface area contributed by atoms with Gasteiger partial charge in [0.15, 0.2) is 5.11 Å². The van der Waals surface area contributed by atoms with Crippen LogP contribution in [0.15, 0.2) is 18.2 Å². The molecule has 17 heavy (non-hydrogen) atoms. The molecule has 7 heteroatoms. The molecule has 0 spiro atoms. The lowest BCUT2D eigenvalue weighted by molar-refractivity contribution is -0.119. The quantitative estimate of drug-likeness (QED) is 0.565. The van der Waals surface area contributed by atoms with E-state index in [1.807, 2.05) is 0 Å². The molecular weight excluding hydrogens is 262 g/mol. The summed E-state index contributed by atoms with van der Waals surface area (Å²) >= 11 is 10.9. The predicted octanol–water partition coefficient (Wildman–Crippen LogP) is 1.69. The van der Waals surface area contributed by atoms with Crippen molar-refractivity contribution in [3.8, 4) is 5.75 Å². The number of nitrogens with one attached hydrogen (secondary N) is 3. The summed E-state index contributed by atoms with van der Waals surface area (Å²) in [5.74, 6) is 0.408. The minimum absolute atomic E-state index is 0.232. The van der Waals surface area contributed by atoms with Crippen molar-refractivity contribution in [2.75, 3.05) is 12.4 Å². The highest BCUT2D eigenvalue weighted by Gasteiger charge is 2.04. The predicted molar refractivity (Wildman–Crippen MR) is 71.2 cm³/mol. The maximum atomic E-state index is 10.7. The monoisotopic (exact) mass is 273 g/mol. The van der Waals surface area contributed by atoms with Crippen molar-refractivity contribution in [2.24, 2.45) is 0 Å². The molecule has 0 saturated heterocycles. The number of hydrazine groups is 1. The zero-order valence-electron chi connectivity index (χ0n) is 9.33. The van der Waals surface area contributed by atoms with Gasteiger partial charge in [-0.1, -0.05) is 11.6 Å². The molecule has 0 aromatic heterocycles. The van der Waals surface area contributed by atoms with Crippen LogP contribution in [0.3, 0.4) is 0 Å². The Morgan fingerprint density at radius 1 is 1.41 bits per heavy atom. The summed E-state index contributed by atoms with van der Waals surface area (Å²) < 4.78 is 5.06. The molecule has 0 bridgehead atoms. The van der Waals surface area contributed by atoms with Gasteiger partial charge in [0.2, 0.25) is 5.91 Å². The van der Waals surface area contributed by atoms with Crippen molar-refractivity contribution < 1.29 is 9.53 Å². The minimum atomic E-state index is -0.245. The van der Waals surface area contributed by atoms with E-state index in [2.05, 4.69) is 16.2 Å². The van der Waals surface area contributed by atoms with Crippen molar-refractivity contribution in [3.05, 3.63) is 23.2 Å². The Bertz CT molecular complexity index is 440. The number of hydrogen-bond acceptors (Lipinski definition) is 3. The fourth-order valence-corrected chi connectivity index (χ4v) is 1.35. The number of anilines is 1. The first-order valence-corrected chi connectivity index (χ1v) is 5.48. The highest BCUT2D eigenvalue weighted by atomic mass is 35.5. The van der Waals surface area contributed by atoms with Crippen LogP contribution in [0.1, 0.15) is 6.92 Å². The molecule has 0 aliphatic rings. The van der Waals surface area contributed by atoms with Crippen molar-refractivity contribution in [3.63, 3.8) is 0 Å². The molecular formula is C10H12ClN3O2S. The number of amides is 1. The van der Waals surface area contributed by atoms with E-state index in [9.17, 15) is 4.79 Å². The minimum Gasteiger partial charge on any atom is -0.497 e. The van der Waals surface area contributed by atoms with E-state index >= 15 is 0 Å². The van der Waals surface area contributed by atoms with Gasteiger partial charge in [-0.2, -0.15) is 0 Å². The number of methoxy groups -OCH3 is 1. The summed E-state index contributed by atoms with van der Waals surface area (Å²) in [6.45, 7) is 1.37. The first kappa shape index (κ1) is 13.5. The summed E-state index contributed by atoms with van der Waals surface area (Å²) in [5, 5.41) is 3.56. The molecule has 5 nitrogen and oxygen atoms in total. The fourth-order valence-electron chi connectivity index (χ4n) is 1.03. The van der Waals surface area contributed by atoms with Gasteiger partial charge in [-0.15, -0.1) is 0 Å². The Morgan fingerprint density at radius 3 is 2.71 bits per heavy atom. The van der Waals surface area contributed by atoms with Crippen molar-refractivity contribution in [1.29, 1.82) is 0 Å². The van der Waals surface area contributed by atoms with Crippen LogP contribution < -0.4 is 20.9 Å². The fraction of sp³-hybridized carbons (Fsp3) is 0.200. The van der Waals surface area contributed by atoms with E-state index in [4.69, 9.17) is 28.6 Å². The number of benzene rings is 1. The molecule has 0 aliphatic carbocycles. The maximum Gasteiger partial charge on any atom is 0.235 e. The second-order valence-electron chi connectivity index (χ2n) is 3.11. The van der Waals surface area contributed by atoms with Crippen LogP contribution in [0.25, 0.3) is 0 Å². The van der Waals surface area contributed by atoms with Gasteiger partial charge in [-0.05, 0) is 24.4 Å². The van der Waals surface area contributed by atoms with E-state index in [0.29, 0.717) is 16.5 Å². The number of rotatable bonds is 2. The third kappa shape index (κ3) is 4.46. The molecule has 0 atom stereocenters. The third-order valence-corrected chi connectivity index (χ3v) is 2.31. The molecule has 0 unspecified atom stereocenters. The molecule has 0 fully saturated rings. The lowest BCUT2D eigenvalue weighted by Crippen LogP contribution is -2.42. The van der Waals surface area contributed by atoms with E-state index in [-0.39, 0.29) is 11.0 Å². The number of ether oxygens (including phenoxy) is 1. The molecule has 0 radical (unpaired) electrons. The Labute approximate surface area is 109 Å². The molecule has 1 aromatic carbocycles. The number of carbonyl (C=O) groups excluding carboxylic acids is 1. The van der Waals surface area contributed by atoms with Gasteiger partial charge in [-0.3, -0.25) is 15.6 Å². The zero-order valence-corrected chi connectivity index (χ0v) is 10.9. The van der Waals surface area contributed by atoms with Crippen molar-refractivity contribution in [2.45, 2.75) is 6.92 Å². The Morgan fingerprint density at radius 2 is 2.12 bits per heavy atom. The van der Waals surface area contributed by atoms with Gasteiger partial charge < -0.3 is 10.1 Å². The lowest BCUT2D eigenvalue weighted by atomic mass is 10.3. The Hall–Kier alpha value is -1.53. The average molecular weight is 274 g/mol. The highest BCUT2D eigenvalue weighted by molar-refractivity contribution is 7.80. The molecule has 92 valence electrons. The molecule has 1 amide bonds. The standard InChI is InChI=1S/C10H12ClN3O2S/c1-6(15)13-14-10(17)12-9-5-7(16-2)3-4-8(9)11/h3-5H,1-2H3,(H,13,15)(H2,12,14,17). The van der Waals surface area contributed by atoms with Crippen molar-refractivity contribution >= 4 is 40.5 Å². The van der Waals surface area contributed by atoms with E-state index in [1.165, 1.54) is 6.92 Å². The summed E-state index contributed by atoms with van der Waals surface area (Å²) in [6.07, 6.45) is 0. The van der Waals surface area contributed by atoms with Crippen LogP contribution in [0.2, 0.25) is 5.02 Å². The Balaban J connectivity index is 2.67. The van der Waals surface area contributed by atoms with Gasteiger partial charge >= 0.3 is 0 Å². The first-order chi connectivity index (χ1) is 8.02. The molecule has 3 N–H and O–H groups in total. The largest absolute Gasteiger partial charge is 0.497 e. The Kier molecular flexibility index (Phi) is 4.99. The van der Waals surface area contributed by atoms with Gasteiger partial charge in [0.05, 0.1) is 17.8 Å². The van der Waals surface area contributed by atoms with Crippen LogP contribution in [0.5, 0.6) is 5.75 Å². The van der Waals surface area contributed by atoms with Crippen LogP contribution in [0, 0.1) is 0 Å². The SMILES string of the molecule is COc1ccc(Cl)c(NC(=S)NNC(C)=O)c1. The van der Waals surface area contributed by atoms with Gasteiger partial charge in [0.25, 0.3) is 0 Å². The number of halogens is 1. The molecule has 0 saturated carbocycles. The molecule has 0 heterocycles.